The van der Waals surface area contributed by atoms with E-state index in [0.717, 1.165) is 31.7 Å². The molecule has 0 bridgehead atoms. The fourth-order valence-corrected chi connectivity index (χ4v) is 1.90. The third-order valence-electron chi connectivity index (χ3n) is 2.98. The van der Waals surface area contributed by atoms with Gasteiger partial charge in [-0.25, -0.2) is 0 Å². The van der Waals surface area contributed by atoms with Crippen molar-refractivity contribution < 1.29 is 4.74 Å². The molecule has 0 amide bonds. The highest BCUT2D eigenvalue weighted by molar-refractivity contribution is 6.33. The first-order chi connectivity index (χ1) is 8.44. The van der Waals surface area contributed by atoms with Crippen molar-refractivity contribution in [2.24, 2.45) is 5.41 Å². The van der Waals surface area contributed by atoms with Crippen molar-refractivity contribution in [1.82, 2.24) is 5.32 Å². The van der Waals surface area contributed by atoms with Gasteiger partial charge in [-0.15, -0.1) is 0 Å². The van der Waals surface area contributed by atoms with Gasteiger partial charge in [-0.05, 0) is 29.5 Å². The SMILES string of the molecule is COCCC(C)(C)CNCc1ccc(N)c(Cl)c1. The van der Waals surface area contributed by atoms with Crippen molar-refractivity contribution in [2.45, 2.75) is 26.8 Å². The van der Waals surface area contributed by atoms with Gasteiger partial charge in [0, 0.05) is 26.8 Å². The number of rotatable bonds is 7. The third-order valence-corrected chi connectivity index (χ3v) is 3.31. The Morgan fingerprint density at radius 2 is 2.11 bits per heavy atom. The summed E-state index contributed by atoms with van der Waals surface area (Å²) in [6.07, 6.45) is 1.04. The number of ether oxygens (including phenoxy) is 1. The van der Waals surface area contributed by atoms with E-state index in [1.165, 1.54) is 0 Å². The molecular formula is C14H23ClN2O. The van der Waals surface area contributed by atoms with Crippen LogP contribution >= 0.6 is 11.6 Å². The molecule has 1 aromatic carbocycles. The molecule has 0 aliphatic heterocycles. The van der Waals surface area contributed by atoms with Crippen LogP contribution in [0, 0.1) is 5.41 Å². The highest BCUT2D eigenvalue weighted by Crippen LogP contribution is 2.21. The predicted molar refractivity (Wildman–Crippen MR) is 77.8 cm³/mol. The van der Waals surface area contributed by atoms with Gasteiger partial charge in [-0.1, -0.05) is 31.5 Å². The van der Waals surface area contributed by atoms with Gasteiger partial charge in [0.2, 0.25) is 0 Å². The zero-order valence-electron chi connectivity index (χ0n) is 11.4. The lowest BCUT2D eigenvalue weighted by Crippen LogP contribution is -2.30. The van der Waals surface area contributed by atoms with E-state index in [0.29, 0.717) is 10.7 Å². The van der Waals surface area contributed by atoms with Crippen LogP contribution in [0.4, 0.5) is 5.69 Å². The molecule has 0 saturated carbocycles. The molecule has 0 aliphatic carbocycles. The maximum absolute atomic E-state index is 5.98. The average Bonchev–Trinajstić information content (AvgIpc) is 2.31. The maximum atomic E-state index is 5.98. The quantitative estimate of drug-likeness (QED) is 0.749. The molecule has 0 spiro atoms. The van der Waals surface area contributed by atoms with Crippen LogP contribution in [-0.4, -0.2) is 20.3 Å². The number of hydrogen-bond acceptors (Lipinski definition) is 3. The van der Waals surface area contributed by atoms with Crippen LogP contribution in [0.5, 0.6) is 0 Å². The maximum Gasteiger partial charge on any atom is 0.0638 e. The van der Waals surface area contributed by atoms with Crippen LogP contribution in [0.1, 0.15) is 25.8 Å². The Labute approximate surface area is 115 Å². The van der Waals surface area contributed by atoms with E-state index >= 15 is 0 Å². The summed E-state index contributed by atoms with van der Waals surface area (Å²) in [4.78, 5) is 0. The summed E-state index contributed by atoms with van der Waals surface area (Å²) in [6.45, 7) is 7.00. The van der Waals surface area contributed by atoms with E-state index in [1.54, 1.807) is 7.11 Å². The fourth-order valence-electron chi connectivity index (χ4n) is 1.69. The van der Waals surface area contributed by atoms with Gasteiger partial charge in [0.1, 0.15) is 0 Å². The topological polar surface area (TPSA) is 47.3 Å². The summed E-state index contributed by atoms with van der Waals surface area (Å²) in [5.74, 6) is 0. The number of hydrogen-bond donors (Lipinski definition) is 2. The molecule has 102 valence electrons. The summed E-state index contributed by atoms with van der Waals surface area (Å²) < 4.78 is 5.11. The summed E-state index contributed by atoms with van der Waals surface area (Å²) >= 11 is 5.98. The number of nitrogen functional groups attached to an aromatic ring is 1. The second-order valence-electron chi connectivity index (χ2n) is 5.37. The van der Waals surface area contributed by atoms with E-state index in [4.69, 9.17) is 22.1 Å². The smallest absolute Gasteiger partial charge is 0.0638 e. The molecule has 0 unspecified atom stereocenters. The van der Waals surface area contributed by atoms with E-state index in [-0.39, 0.29) is 5.41 Å². The molecule has 1 rings (SSSR count). The van der Waals surface area contributed by atoms with Crippen LogP contribution < -0.4 is 11.1 Å². The van der Waals surface area contributed by atoms with Crippen LogP contribution in [0.25, 0.3) is 0 Å². The standard InChI is InChI=1S/C14H23ClN2O/c1-14(2,6-7-18-3)10-17-9-11-4-5-13(16)12(15)8-11/h4-5,8,17H,6-7,9-10,16H2,1-3H3. The highest BCUT2D eigenvalue weighted by Gasteiger charge is 2.16. The second kappa shape index (κ2) is 6.98. The van der Waals surface area contributed by atoms with Crippen LogP contribution in [-0.2, 0) is 11.3 Å². The minimum absolute atomic E-state index is 0.230. The largest absolute Gasteiger partial charge is 0.398 e. The molecule has 0 aromatic heterocycles. The molecule has 0 saturated heterocycles. The zero-order chi connectivity index (χ0) is 13.6. The normalized spacial score (nSPS) is 11.8. The average molecular weight is 271 g/mol. The lowest BCUT2D eigenvalue weighted by molar-refractivity contribution is 0.150. The number of nitrogens with one attached hydrogen (secondary N) is 1. The van der Waals surface area contributed by atoms with Gasteiger partial charge < -0.3 is 15.8 Å². The summed E-state index contributed by atoms with van der Waals surface area (Å²) in [7, 11) is 1.74. The summed E-state index contributed by atoms with van der Waals surface area (Å²) in [5.41, 5.74) is 7.68. The Kier molecular flexibility index (Phi) is 5.93. The first-order valence-electron chi connectivity index (χ1n) is 6.18. The van der Waals surface area contributed by atoms with Gasteiger partial charge in [0.15, 0.2) is 0 Å². The molecule has 0 fully saturated rings. The molecule has 3 nitrogen and oxygen atoms in total. The van der Waals surface area contributed by atoms with E-state index in [1.807, 2.05) is 18.2 Å². The molecule has 1 aromatic rings. The predicted octanol–water partition coefficient (Wildman–Crippen LogP) is 3.07. The zero-order valence-corrected chi connectivity index (χ0v) is 12.2. The number of benzene rings is 1. The molecule has 3 N–H and O–H groups in total. The summed E-state index contributed by atoms with van der Waals surface area (Å²) in [6, 6.07) is 5.75. The number of methoxy groups -OCH3 is 1. The Hall–Kier alpha value is -0.770. The van der Waals surface area contributed by atoms with E-state index < -0.39 is 0 Å². The van der Waals surface area contributed by atoms with Gasteiger partial charge in [-0.3, -0.25) is 0 Å². The van der Waals surface area contributed by atoms with Gasteiger partial charge in [-0.2, -0.15) is 0 Å². The highest BCUT2D eigenvalue weighted by atomic mass is 35.5. The Morgan fingerprint density at radius 1 is 1.39 bits per heavy atom. The molecule has 0 atom stereocenters. The molecular weight excluding hydrogens is 248 g/mol. The van der Waals surface area contributed by atoms with Gasteiger partial charge >= 0.3 is 0 Å². The third kappa shape index (κ3) is 5.25. The van der Waals surface area contributed by atoms with Crippen LogP contribution in [0.2, 0.25) is 5.02 Å². The van der Waals surface area contributed by atoms with Crippen LogP contribution in [0.15, 0.2) is 18.2 Å². The molecule has 4 heteroatoms. The Morgan fingerprint density at radius 3 is 2.72 bits per heavy atom. The molecule has 18 heavy (non-hydrogen) atoms. The lowest BCUT2D eigenvalue weighted by atomic mass is 9.89. The van der Waals surface area contributed by atoms with Crippen molar-refractivity contribution >= 4 is 17.3 Å². The van der Waals surface area contributed by atoms with Crippen LogP contribution in [0.3, 0.4) is 0 Å². The fraction of sp³-hybridized carbons (Fsp3) is 0.571. The first-order valence-corrected chi connectivity index (χ1v) is 6.56. The Balaban J connectivity index is 2.39. The van der Waals surface area contributed by atoms with Crippen molar-refractivity contribution in [3.05, 3.63) is 28.8 Å². The Bertz CT molecular complexity index is 380. The molecule has 0 heterocycles. The first kappa shape index (κ1) is 15.3. The monoisotopic (exact) mass is 270 g/mol. The number of anilines is 1. The van der Waals surface area contributed by atoms with E-state index in [2.05, 4.69) is 19.2 Å². The van der Waals surface area contributed by atoms with Gasteiger partial charge in [0.25, 0.3) is 0 Å². The van der Waals surface area contributed by atoms with Crippen molar-refractivity contribution in [3.63, 3.8) is 0 Å². The van der Waals surface area contributed by atoms with Crippen molar-refractivity contribution in [2.75, 3.05) is 26.0 Å². The lowest BCUT2D eigenvalue weighted by Gasteiger charge is -2.24. The van der Waals surface area contributed by atoms with Gasteiger partial charge in [0.05, 0.1) is 10.7 Å². The van der Waals surface area contributed by atoms with E-state index in [9.17, 15) is 0 Å². The minimum Gasteiger partial charge on any atom is -0.398 e. The summed E-state index contributed by atoms with van der Waals surface area (Å²) in [5, 5.41) is 4.06. The van der Waals surface area contributed by atoms with Crippen molar-refractivity contribution in [3.8, 4) is 0 Å². The number of halogens is 1. The molecule has 0 aliphatic rings. The molecule has 0 radical (unpaired) electrons. The number of nitrogens with two attached hydrogens (primary N) is 1. The second-order valence-corrected chi connectivity index (χ2v) is 5.77. The minimum atomic E-state index is 0.230. The van der Waals surface area contributed by atoms with Crippen molar-refractivity contribution in [1.29, 1.82) is 0 Å².